The van der Waals surface area contributed by atoms with Crippen molar-refractivity contribution in [3.05, 3.63) is 83.0 Å². The van der Waals surface area contributed by atoms with Crippen LogP contribution in [0.5, 0.6) is 5.75 Å². The standard InChI is InChI=1S/C25H24F2N4O2/c1-14-4-3-5-18(10-14)22(13-28)29-24(32)20-12-17(7-9-23(20)33-25(26)27)16-6-8-21-19(11-16)15(2)30-31-21/h3-12,22,25H,13,28H2,1-2H3,(H,29,32)(H,30,31). The molecular formula is C25H24F2N4O2. The number of nitrogens with zero attached hydrogens (tertiary/aromatic N) is 1. The van der Waals surface area contributed by atoms with Gasteiger partial charge in [0.2, 0.25) is 0 Å². The molecule has 4 N–H and O–H groups in total. The van der Waals surface area contributed by atoms with Gasteiger partial charge in [0.25, 0.3) is 5.91 Å². The number of hydrogen-bond donors (Lipinski definition) is 3. The van der Waals surface area contributed by atoms with Crippen LogP contribution < -0.4 is 15.8 Å². The Bertz CT molecular complexity index is 1300. The maximum Gasteiger partial charge on any atom is 0.387 e. The van der Waals surface area contributed by atoms with Gasteiger partial charge in [0.15, 0.2) is 0 Å². The topological polar surface area (TPSA) is 93.0 Å². The molecule has 1 atom stereocenters. The molecule has 1 heterocycles. The molecule has 0 saturated heterocycles. The van der Waals surface area contributed by atoms with Gasteiger partial charge in [0, 0.05) is 17.6 Å². The van der Waals surface area contributed by atoms with Crippen molar-refractivity contribution >= 4 is 16.8 Å². The smallest absolute Gasteiger partial charge is 0.387 e. The molecule has 170 valence electrons. The molecule has 33 heavy (non-hydrogen) atoms. The van der Waals surface area contributed by atoms with Gasteiger partial charge in [0.05, 0.1) is 17.1 Å². The second-order valence-corrected chi connectivity index (χ2v) is 7.85. The molecule has 4 rings (SSSR count). The number of fused-ring (bicyclic) bond motifs is 1. The van der Waals surface area contributed by atoms with Crippen LogP contribution in [-0.4, -0.2) is 29.3 Å². The minimum atomic E-state index is -3.06. The van der Waals surface area contributed by atoms with Crippen LogP contribution in [-0.2, 0) is 0 Å². The molecule has 3 aromatic carbocycles. The van der Waals surface area contributed by atoms with Crippen molar-refractivity contribution in [3.63, 3.8) is 0 Å². The Balaban J connectivity index is 1.71. The molecule has 1 unspecified atom stereocenters. The second-order valence-electron chi connectivity index (χ2n) is 7.85. The molecule has 6 nitrogen and oxygen atoms in total. The first-order valence-electron chi connectivity index (χ1n) is 10.5. The molecule has 0 aliphatic heterocycles. The maximum atomic E-state index is 13.2. The lowest BCUT2D eigenvalue weighted by Gasteiger charge is -2.19. The van der Waals surface area contributed by atoms with Crippen LogP contribution in [0, 0.1) is 13.8 Å². The Hall–Kier alpha value is -3.78. The summed E-state index contributed by atoms with van der Waals surface area (Å²) in [5.41, 5.74) is 11.0. The zero-order chi connectivity index (χ0) is 23.5. The summed E-state index contributed by atoms with van der Waals surface area (Å²) < 4.78 is 30.7. The van der Waals surface area contributed by atoms with Gasteiger partial charge < -0.3 is 15.8 Å². The molecule has 0 aliphatic rings. The van der Waals surface area contributed by atoms with E-state index in [2.05, 4.69) is 20.3 Å². The van der Waals surface area contributed by atoms with E-state index in [9.17, 15) is 13.6 Å². The van der Waals surface area contributed by atoms with Crippen molar-refractivity contribution in [2.75, 3.05) is 6.54 Å². The summed E-state index contributed by atoms with van der Waals surface area (Å²) in [5.74, 6) is -0.753. The maximum absolute atomic E-state index is 13.2. The highest BCUT2D eigenvalue weighted by Crippen LogP contribution is 2.30. The Kier molecular flexibility index (Phi) is 6.37. The molecule has 0 spiro atoms. The molecule has 0 fully saturated rings. The largest absolute Gasteiger partial charge is 0.434 e. The number of carbonyl (C=O) groups excluding carboxylic acids is 1. The number of nitrogens with one attached hydrogen (secondary N) is 2. The van der Waals surface area contributed by atoms with Gasteiger partial charge in [-0.3, -0.25) is 9.89 Å². The van der Waals surface area contributed by atoms with Crippen molar-refractivity contribution in [1.82, 2.24) is 15.5 Å². The van der Waals surface area contributed by atoms with Gasteiger partial charge in [-0.1, -0.05) is 42.0 Å². The van der Waals surface area contributed by atoms with Gasteiger partial charge in [-0.05, 0) is 54.8 Å². The van der Waals surface area contributed by atoms with Crippen molar-refractivity contribution in [1.29, 1.82) is 0 Å². The van der Waals surface area contributed by atoms with E-state index in [0.29, 0.717) is 5.56 Å². The van der Waals surface area contributed by atoms with Crippen molar-refractivity contribution in [2.24, 2.45) is 5.73 Å². The molecule has 8 heteroatoms. The summed E-state index contributed by atoms with van der Waals surface area (Å²) in [4.78, 5) is 13.2. The number of rotatable bonds is 7. The Morgan fingerprint density at radius 1 is 1.09 bits per heavy atom. The highest BCUT2D eigenvalue weighted by molar-refractivity contribution is 5.99. The molecule has 1 amide bonds. The number of aromatic nitrogens is 2. The van der Waals surface area contributed by atoms with Gasteiger partial charge in [-0.25, -0.2) is 0 Å². The molecule has 0 saturated carbocycles. The predicted octanol–water partition coefficient (Wildman–Crippen LogP) is 4.88. The fourth-order valence-corrected chi connectivity index (χ4v) is 3.80. The zero-order valence-electron chi connectivity index (χ0n) is 18.2. The third-order valence-electron chi connectivity index (χ3n) is 5.50. The Morgan fingerprint density at radius 3 is 2.58 bits per heavy atom. The van der Waals surface area contributed by atoms with Gasteiger partial charge in [-0.15, -0.1) is 0 Å². The Labute approximate surface area is 189 Å². The summed E-state index contributed by atoms with van der Waals surface area (Å²) >= 11 is 0. The van der Waals surface area contributed by atoms with E-state index in [1.54, 1.807) is 12.1 Å². The van der Waals surface area contributed by atoms with Gasteiger partial charge in [-0.2, -0.15) is 13.9 Å². The molecular weight excluding hydrogens is 426 g/mol. The van der Waals surface area contributed by atoms with Crippen LogP contribution in [0.25, 0.3) is 22.0 Å². The number of benzene rings is 3. The summed E-state index contributed by atoms with van der Waals surface area (Å²) in [6.45, 7) is 0.941. The van der Waals surface area contributed by atoms with E-state index in [1.807, 2.05) is 56.3 Å². The zero-order valence-corrected chi connectivity index (χ0v) is 18.2. The lowest BCUT2D eigenvalue weighted by molar-refractivity contribution is -0.0501. The highest BCUT2D eigenvalue weighted by Gasteiger charge is 2.21. The summed E-state index contributed by atoms with van der Waals surface area (Å²) in [7, 11) is 0. The number of H-pyrrole nitrogens is 1. The lowest BCUT2D eigenvalue weighted by Crippen LogP contribution is -2.33. The summed E-state index contributed by atoms with van der Waals surface area (Å²) in [6.07, 6.45) is 0. The molecule has 0 radical (unpaired) electrons. The SMILES string of the molecule is Cc1cccc(C(CN)NC(=O)c2cc(-c3ccc4n[nH]c(C)c4c3)ccc2OC(F)F)c1. The average Bonchev–Trinajstić information content (AvgIpc) is 3.17. The third-order valence-corrected chi connectivity index (χ3v) is 5.50. The van der Waals surface area contributed by atoms with Crippen LogP contribution in [0.4, 0.5) is 8.78 Å². The van der Waals surface area contributed by atoms with Crippen molar-refractivity contribution in [3.8, 4) is 16.9 Å². The quantitative estimate of drug-likeness (QED) is 0.374. The normalized spacial score (nSPS) is 12.2. The number of hydrogen-bond acceptors (Lipinski definition) is 4. The number of nitrogens with two attached hydrogens (primary N) is 1. The number of halogens is 2. The van der Waals surface area contributed by atoms with Crippen LogP contribution >= 0.6 is 0 Å². The number of ether oxygens (including phenoxy) is 1. The van der Waals surface area contributed by atoms with E-state index in [4.69, 9.17) is 5.73 Å². The van der Waals surface area contributed by atoms with E-state index in [1.165, 1.54) is 6.07 Å². The summed E-state index contributed by atoms with van der Waals surface area (Å²) in [6, 6.07) is 17.4. The van der Waals surface area contributed by atoms with E-state index >= 15 is 0 Å². The third kappa shape index (κ3) is 4.85. The first-order chi connectivity index (χ1) is 15.9. The fraction of sp³-hybridized carbons (Fsp3) is 0.200. The van der Waals surface area contributed by atoms with Crippen LogP contribution in [0.1, 0.15) is 33.2 Å². The van der Waals surface area contributed by atoms with E-state index < -0.39 is 18.6 Å². The van der Waals surface area contributed by atoms with Crippen LogP contribution in [0.2, 0.25) is 0 Å². The molecule has 1 aromatic heterocycles. The number of aryl methyl sites for hydroxylation is 2. The Morgan fingerprint density at radius 2 is 1.85 bits per heavy atom. The lowest BCUT2D eigenvalue weighted by atomic mass is 9.99. The first-order valence-corrected chi connectivity index (χ1v) is 10.5. The van der Waals surface area contributed by atoms with Gasteiger partial charge in [0.1, 0.15) is 5.75 Å². The monoisotopic (exact) mass is 450 g/mol. The predicted molar refractivity (Wildman–Crippen MR) is 123 cm³/mol. The number of aromatic amines is 1. The van der Waals surface area contributed by atoms with E-state index in [0.717, 1.165) is 33.3 Å². The molecule has 0 aliphatic carbocycles. The minimum absolute atomic E-state index is 0.00270. The second kappa shape index (κ2) is 9.38. The van der Waals surface area contributed by atoms with Gasteiger partial charge >= 0.3 is 6.61 Å². The van der Waals surface area contributed by atoms with Crippen LogP contribution in [0.15, 0.2) is 60.7 Å². The van der Waals surface area contributed by atoms with E-state index in [-0.39, 0.29) is 17.9 Å². The molecule has 4 aromatic rings. The minimum Gasteiger partial charge on any atom is -0.434 e. The number of carbonyl (C=O) groups is 1. The number of alkyl halides is 2. The number of amides is 1. The fourth-order valence-electron chi connectivity index (χ4n) is 3.80. The summed E-state index contributed by atoms with van der Waals surface area (Å²) in [5, 5.41) is 10.9. The van der Waals surface area contributed by atoms with Crippen molar-refractivity contribution < 1.29 is 18.3 Å². The van der Waals surface area contributed by atoms with Crippen molar-refractivity contribution in [2.45, 2.75) is 26.5 Å². The average molecular weight is 450 g/mol. The first kappa shape index (κ1) is 22.4. The highest BCUT2D eigenvalue weighted by atomic mass is 19.3. The molecule has 0 bridgehead atoms. The van der Waals surface area contributed by atoms with Crippen LogP contribution in [0.3, 0.4) is 0 Å².